The number of ether oxygens (including phenoxy) is 1. The van der Waals surface area contributed by atoms with E-state index in [9.17, 15) is 4.79 Å². The van der Waals surface area contributed by atoms with Gasteiger partial charge in [-0.1, -0.05) is 35.7 Å². The Hall–Kier alpha value is -2.93. The molecule has 4 nitrogen and oxygen atoms in total. The molecule has 0 radical (unpaired) electrons. The molecule has 2 aromatic carbocycles. The number of nitrogens with two attached hydrogens (primary N) is 1. The topological polar surface area (TPSA) is 55.6 Å². The highest BCUT2D eigenvalue weighted by Crippen LogP contribution is 2.36. The number of carbonyl (C=O) groups excluding carboxylic acids is 1. The van der Waals surface area contributed by atoms with Crippen LogP contribution in [0.5, 0.6) is 5.75 Å². The van der Waals surface area contributed by atoms with Gasteiger partial charge in [0.2, 0.25) is 0 Å². The number of amides is 1. The summed E-state index contributed by atoms with van der Waals surface area (Å²) in [5.74, 6) is 3.00. The minimum absolute atomic E-state index is 0.124. The highest BCUT2D eigenvalue weighted by molar-refractivity contribution is 6.00. The van der Waals surface area contributed by atoms with E-state index in [0.29, 0.717) is 23.5 Å². The third-order valence-corrected chi connectivity index (χ3v) is 3.88. The average Bonchev–Trinajstić information content (AvgIpc) is 2.53. The third-order valence-electron chi connectivity index (χ3n) is 3.88. The SMILES string of the molecule is C#CCN1C(=O)C(Cc2ccc(C)cc2)Oc2cc(N)ccc21. The molecule has 0 fully saturated rings. The maximum Gasteiger partial charge on any atom is 0.269 e. The minimum atomic E-state index is -0.597. The molecular weight excluding hydrogens is 288 g/mol. The van der Waals surface area contributed by atoms with Crippen molar-refractivity contribution < 1.29 is 9.53 Å². The lowest BCUT2D eigenvalue weighted by Gasteiger charge is -2.33. The van der Waals surface area contributed by atoms with E-state index in [1.165, 1.54) is 5.56 Å². The summed E-state index contributed by atoms with van der Waals surface area (Å²) in [6, 6.07) is 13.3. The van der Waals surface area contributed by atoms with Crippen molar-refractivity contribution in [3.05, 3.63) is 53.6 Å². The Balaban J connectivity index is 1.92. The van der Waals surface area contributed by atoms with Crippen molar-refractivity contribution in [2.75, 3.05) is 17.2 Å². The highest BCUT2D eigenvalue weighted by atomic mass is 16.5. The molecule has 1 atom stereocenters. The molecular formula is C19H18N2O2. The summed E-state index contributed by atoms with van der Waals surface area (Å²) in [7, 11) is 0. The van der Waals surface area contributed by atoms with Gasteiger partial charge in [-0.2, -0.15) is 0 Å². The van der Waals surface area contributed by atoms with E-state index in [1.807, 2.05) is 31.2 Å². The van der Waals surface area contributed by atoms with Gasteiger partial charge in [-0.15, -0.1) is 6.42 Å². The monoisotopic (exact) mass is 306 g/mol. The molecule has 3 rings (SSSR count). The minimum Gasteiger partial charge on any atom is -0.478 e. The fourth-order valence-corrected chi connectivity index (χ4v) is 2.67. The Morgan fingerprint density at radius 3 is 2.70 bits per heavy atom. The van der Waals surface area contributed by atoms with Gasteiger partial charge in [0.05, 0.1) is 12.2 Å². The average molecular weight is 306 g/mol. The molecule has 1 aliphatic rings. The molecule has 0 saturated carbocycles. The number of fused-ring (bicyclic) bond motifs is 1. The van der Waals surface area contributed by atoms with E-state index in [1.54, 1.807) is 23.1 Å². The van der Waals surface area contributed by atoms with Gasteiger partial charge in [0.25, 0.3) is 5.91 Å². The van der Waals surface area contributed by atoms with Gasteiger partial charge in [0.1, 0.15) is 5.75 Å². The van der Waals surface area contributed by atoms with E-state index < -0.39 is 6.10 Å². The first-order valence-corrected chi connectivity index (χ1v) is 7.45. The zero-order valence-electron chi connectivity index (χ0n) is 13.0. The predicted molar refractivity (Wildman–Crippen MR) is 91.3 cm³/mol. The molecule has 2 N–H and O–H groups in total. The van der Waals surface area contributed by atoms with Crippen LogP contribution in [-0.4, -0.2) is 18.6 Å². The van der Waals surface area contributed by atoms with E-state index in [0.717, 1.165) is 5.56 Å². The van der Waals surface area contributed by atoms with Crippen LogP contribution in [-0.2, 0) is 11.2 Å². The number of aryl methyl sites for hydroxylation is 1. The van der Waals surface area contributed by atoms with E-state index in [2.05, 4.69) is 5.92 Å². The van der Waals surface area contributed by atoms with Gasteiger partial charge in [-0.3, -0.25) is 9.69 Å². The van der Waals surface area contributed by atoms with Crippen LogP contribution in [0, 0.1) is 19.3 Å². The molecule has 2 aromatic rings. The number of rotatable bonds is 3. The van der Waals surface area contributed by atoms with Gasteiger partial charge in [-0.05, 0) is 24.6 Å². The third kappa shape index (κ3) is 3.00. The molecule has 0 aliphatic carbocycles. The lowest BCUT2D eigenvalue weighted by atomic mass is 10.0. The molecule has 4 heteroatoms. The quantitative estimate of drug-likeness (QED) is 0.700. The van der Waals surface area contributed by atoms with Crippen LogP contribution in [0.25, 0.3) is 0 Å². The Labute approximate surface area is 135 Å². The summed E-state index contributed by atoms with van der Waals surface area (Å²) in [6.45, 7) is 2.24. The van der Waals surface area contributed by atoms with Gasteiger partial charge < -0.3 is 10.5 Å². The molecule has 1 aliphatic heterocycles. The first-order chi connectivity index (χ1) is 11.1. The molecule has 0 spiro atoms. The smallest absolute Gasteiger partial charge is 0.269 e. The highest BCUT2D eigenvalue weighted by Gasteiger charge is 2.34. The largest absolute Gasteiger partial charge is 0.478 e. The van der Waals surface area contributed by atoms with E-state index in [4.69, 9.17) is 16.9 Å². The standard InChI is InChI=1S/C19H18N2O2/c1-3-10-21-16-9-8-15(20)12-17(16)23-18(19(21)22)11-14-6-4-13(2)5-7-14/h1,4-9,12,18H,10-11,20H2,2H3. The summed E-state index contributed by atoms with van der Waals surface area (Å²) < 4.78 is 5.90. The van der Waals surface area contributed by atoms with Crippen molar-refractivity contribution in [2.45, 2.75) is 19.4 Å². The predicted octanol–water partition coefficient (Wildman–Crippen LogP) is 2.55. The molecule has 1 unspecified atom stereocenters. The van der Waals surface area contributed by atoms with Crippen LogP contribution in [0.4, 0.5) is 11.4 Å². The normalized spacial score (nSPS) is 16.4. The number of carbonyl (C=O) groups is 1. The summed E-state index contributed by atoms with van der Waals surface area (Å²) in [6.07, 6.45) is 5.31. The number of hydrogen-bond acceptors (Lipinski definition) is 3. The summed E-state index contributed by atoms with van der Waals surface area (Å²) >= 11 is 0. The van der Waals surface area contributed by atoms with Crippen LogP contribution >= 0.6 is 0 Å². The Bertz CT molecular complexity index is 775. The second-order valence-electron chi connectivity index (χ2n) is 5.65. The van der Waals surface area contributed by atoms with Crippen LogP contribution in [0.15, 0.2) is 42.5 Å². The maximum atomic E-state index is 12.7. The molecule has 1 amide bonds. The molecule has 0 saturated heterocycles. The van der Waals surface area contributed by atoms with Crippen LogP contribution < -0.4 is 15.4 Å². The number of terminal acetylenes is 1. The van der Waals surface area contributed by atoms with E-state index in [-0.39, 0.29) is 12.5 Å². The van der Waals surface area contributed by atoms with Crippen LogP contribution in [0.1, 0.15) is 11.1 Å². The van der Waals surface area contributed by atoms with Gasteiger partial charge in [-0.25, -0.2) is 0 Å². The number of anilines is 2. The number of nitrogens with zero attached hydrogens (tertiary/aromatic N) is 1. The zero-order valence-corrected chi connectivity index (χ0v) is 13.0. The summed E-state index contributed by atoms with van der Waals surface area (Å²) in [5.41, 5.74) is 9.31. The summed E-state index contributed by atoms with van der Waals surface area (Å²) in [4.78, 5) is 14.3. The Kier molecular flexibility index (Phi) is 3.94. The van der Waals surface area contributed by atoms with Gasteiger partial charge >= 0.3 is 0 Å². The Morgan fingerprint density at radius 1 is 1.26 bits per heavy atom. The summed E-state index contributed by atoms with van der Waals surface area (Å²) in [5, 5.41) is 0. The van der Waals surface area contributed by atoms with Crippen LogP contribution in [0.2, 0.25) is 0 Å². The van der Waals surface area contributed by atoms with Crippen molar-refractivity contribution in [3.8, 4) is 18.1 Å². The van der Waals surface area contributed by atoms with Gasteiger partial charge in [0, 0.05) is 18.2 Å². The number of hydrogen-bond donors (Lipinski definition) is 1. The first kappa shape index (κ1) is 15.0. The molecule has 116 valence electrons. The van der Waals surface area contributed by atoms with Gasteiger partial charge in [0.15, 0.2) is 6.10 Å². The van der Waals surface area contributed by atoms with Crippen molar-refractivity contribution >= 4 is 17.3 Å². The lowest BCUT2D eigenvalue weighted by molar-refractivity contribution is -0.126. The second kappa shape index (κ2) is 6.05. The van der Waals surface area contributed by atoms with Crippen molar-refractivity contribution in [3.63, 3.8) is 0 Å². The molecule has 1 heterocycles. The van der Waals surface area contributed by atoms with Crippen LogP contribution in [0.3, 0.4) is 0 Å². The van der Waals surface area contributed by atoms with E-state index >= 15 is 0 Å². The molecule has 0 aromatic heterocycles. The number of benzene rings is 2. The second-order valence-corrected chi connectivity index (χ2v) is 5.65. The van der Waals surface area contributed by atoms with Crippen molar-refractivity contribution in [2.24, 2.45) is 0 Å². The molecule has 0 bridgehead atoms. The maximum absolute atomic E-state index is 12.7. The molecule has 23 heavy (non-hydrogen) atoms. The lowest BCUT2D eigenvalue weighted by Crippen LogP contribution is -2.47. The zero-order chi connectivity index (χ0) is 16.4. The Morgan fingerprint density at radius 2 is 2.00 bits per heavy atom. The first-order valence-electron chi connectivity index (χ1n) is 7.45. The van der Waals surface area contributed by atoms with Crippen molar-refractivity contribution in [1.29, 1.82) is 0 Å². The van der Waals surface area contributed by atoms with Crippen molar-refractivity contribution in [1.82, 2.24) is 0 Å². The number of nitrogen functional groups attached to an aromatic ring is 1. The fourth-order valence-electron chi connectivity index (χ4n) is 2.67. The fraction of sp³-hybridized carbons (Fsp3) is 0.211.